The quantitative estimate of drug-likeness (QED) is 0.882. The van der Waals surface area contributed by atoms with Crippen LogP contribution in [-0.4, -0.2) is 18.1 Å². The molecule has 1 aliphatic heterocycles. The Morgan fingerprint density at radius 1 is 1.09 bits per heavy atom. The Labute approximate surface area is 134 Å². The first kappa shape index (κ1) is 15.1. The van der Waals surface area contributed by atoms with Crippen LogP contribution in [0, 0.1) is 0 Å². The van der Waals surface area contributed by atoms with Crippen LogP contribution in [0.2, 0.25) is 0 Å². The van der Waals surface area contributed by atoms with Crippen molar-refractivity contribution in [3.05, 3.63) is 71.8 Å². The Morgan fingerprint density at radius 2 is 1.74 bits per heavy atom. The molecule has 0 aromatic heterocycles. The minimum absolute atomic E-state index is 0.163. The highest BCUT2D eigenvalue weighted by Gasteiger charge is 2.36. The smallest absolute Gasteiger partial charge is 0.408 e. The van der Waals surface area contributed by atoms with Gasteiger partial charge in [0.05, 0.1) is 0 Å². The number of rotatable bonds is 4. The van der Waals surface area contributed by atoms with Gasteiger partial charge in [0, 0.05) is 6.42 Å². The molecule has 1 saturated heterocycles. The van der Waals surface area contributed by atoms with Crippen molar-refractivity contribution in [1.29, 1.82) is 0 Å². The van der Waals surface area contributed by atoms with E-state index in [1.165, 1.54) is 0 Å². The van der Waals surface area contributed by atoms with E-state index in [1.807, 2.05) is 60.7 Å². The Kier molecular flexibility index (Phi) is 4.57. The van der Waals surface area contributed by atoms with Gasteiger partial charge in [0.15, 0.2) is 0 Å². The molecule has 5 nitrogen and oxygen atoms in total. The molecule has 2 aromatic carbocycles. The molecule has 0 saturated carbocycles. The molecule has 1 N–H and O–H groups in total. The van der Waals surface area contributed by atoms with E-state index in [0.29, 0.717) is 6.42 Å². The van der Waals surface area contributed by atoms with E-state index < -0.39 is 18.1 Å². The van der Waals surface area contributed by atoms with Crippen molar-refractivity contribution in [1.82, 2.24) is 5.32 Å². The van der Waals surface area contributed by atoms with Crippen molar-refractivity contribution >= 4 is 12.1 Å². The molecule has 0 bridgehead atoms. The average molecular weight is 311 g/mol. The normalized spacial score (nSPS) is 19.9. The first-order valence-corrected chi connectivity index (χ1v) is 7.45. The molecular weight excluding hydrogens is 294 g/mol. The SMILES string of the molecule is O=C(NC1CC(c2ccccc2)OC1=O)OCc1ccccc1. The summed E-state index contributed by atoms with van der Waals surface area (Å²) in [6, 6.07) is 18.1. The minimum Gasteiger partial charge on any atom is -0.456 e. The molecule has 0 radical (unpaired) electrons. The van der Waals surface area contributed by atoms with Crippen LogP contribution in [0.15, 0.2) is 60.7 Å². The van der Waals surface area contributed by atoms with E-state index in [9.17, 15) is 9.59 Å². The molecule has 23 heavy (non-hydrogen) atoms. The Hall–Kier alpha value is -2.82. The molecule has 5 heteroatoms. The molecule has 2 atom stereocenters. The fourth-order valence-electron chi connectivity index (χ4n) is 2.48. The molecule has 1 amide bonds. The third-order valence-corrected chi connectivity index (χ3v) is 3.67. The Bertz CT molecular complexity index is 672. The van der Waals surface area contributed by atoms with Gasteiger partial charge in [-0.3, -0.25) is 0 Å². The monoisotopic (exact) mass is 311 g/mol. The lowest BCUT2D eigenvalue weighted by Gasteiger charge is -2.10. The summed E-state index contributed by atoms with van der Waals surface area (Å²) in [4.78, 5) is 23.7. The third-order valence-electron chi connectivity index (χ3n) is 3.67. The van der Waals surface area contributed by atoms with Crippen LogP contribution in [0.3, 0.4) is 0 Å². The molecule has 0 aliphatic carbocycles. The second-order valence-corrected chi connectivity index (χ2v) is 5.33. The van der Waals surface area contributed by atoms with E-state index in [2.05, 4.69) is 5.32 Å². The van der Waals surface area contributed by atoms with Crippen molar-refractivity contribution < 1.29 is 19.1 Å². The number of cyclic esters (lactones) is 1. The van der Waals surface area contributed by atoms with E-state index in [-0.39, 0.29) is 12.7 Å². The summed E-state index contributed by atoms with van der Waals surface area (Å²) in [6.07, 6.45) is -0.545. The number of esters is 1. The van der Waals surface area contributed by atoms with Gasteiger partial charge in [-0.15, -0.1) is 0 Å². The number of ether oxygens (including phenoxy) is 2. The van der Waals surface area contributed by atoms with Crippen molar-refractivity contribution in [2.24, 2.45) is 0 Å². The first-order valence-electron chi connectivity index (χ1n) is 7.45. The van der Waals surface area contributed by atoms with Crippen LogP contribution in [-0.2, 0) is 20.9 Å². The number of hydrogen-bond acceptors (Lipinski definition) is 4. The lowest BCUT2D eigenvalue weighted by molar-refractivity contribution is -0.143. The van der Waals surface area contributed by atoms with Gasteiger partial charge in [0.1, 0.15) is 18.8 Å². The van der Waals surface area contributed by atoms with Crippen LogP contribution in [0.5, 0.6) is 0 Å². The fraction of sp³-hybridized carbons (Fsp3) is 0.222. The molecule has 1 fully saturated rings. The highest BCUT2D eigenvalue weighted by Crippen LogP contribution is 2.29. The molecule has 1 heterocycles. The van der Waals surface area contributed by atoms with Crippen molar-refractivity contribution in [3.8, 4) is 0 Å². The summed E-state index contributed by atoms with van der Waals surface area (Å²) in [5, 5.41) is 2.56. The molecule has 2 aromatic rings. The summed E-state index contributed by atoms with van der Waals surface area (Å²) >= 11 is 0. The molecule has 118 valence electrons. The summed E-state index contributed by atoms with van der Waals surface area (Å²) in [6.45, 7) is 0.163. The van der Waals surface area contributed by atoms with Gasteiger partial charge >= 0.3 is 12.1 Å². The standard InChI is InChI=1S/C18H17NO4/c20-17-15(11-16(23-17)14-9-5-2-6-10-14)19-18(21)22-12-13-7-3-1-4-8-13/h1-10,15-16H,11-12H2,(H,19,21). The number of hydrogen-bond donors (Lipinski definition) is 1. The molecule has 1 aliphatic rings. The largest absolute Gasteiger partial charge is 0.456 e. The summed E-state index contributed by atoms with van der Waals surface area (Å²) < 4.78 is 10.4. The lowest BCUT2D eigenvalue weighted by atomic mass is 10.1. The zero-order valence-corrected chi connectivity index (χ0v) is 12.5. The van der Waals surface area contributed by atoms with Crippen molar-refractivity contribution in [2.45, 2.75) is 25.2 Å². The Morgan fingerprint density at radius 3 is 2.43 bits per heavy atom. The van der Waals surface area contributed by atoms with Gasteiger partial charge in [-0.25, -0.2) is 9.59 Å². The maximum atomic E-state index is 11.9. The van der Waals surface area contributed by atoms with Gasteiger partial charge in [-0.05, 0) is 11.1 Å². The summed E-state index contributed by atoms with van der Waals surface area (Å²) in [7, 11) is 0. The highest BCUT2D eigenvalue weighted by molar-refractivity contribution is 5.83. The highest BCUT2D eigenvalue weighted by atomic mass is 16.6. The topological polar surface area (TPSA) is 64.6 Å². The predicted octanol–water partition coefficient (Wildman–Crippen LogP) is 2.97. The third kappa shape index (κ3) is 3.88. The fourth-order valence-corrected chi connectivity index (χ4v) is 2.48. The molecule has 2 unspecified atom stereocenters. The van der Waals surface area contributed by atoms with Crippen molar-refractivity contribution in [2.75, 3.05) is 0 Å². The molecule has 3 rings (SSSR count). The van der Waals surface area contributed by atoms with Gasteiger partial charge in [0.25, 0.3) is 0 Å². The number of nitrogens with one attached hydrogen (secondary N) is 1. The van der Waals surface area contributed by atoms with Crippen LogP contribution in [0.25, 0.3) is 0 Å². The predicted molar refractivity (Wildman–Crippen MR) is 83.4 cm³/mol. The number of carbonyl (C=O) groups is 2. The van der Waals surface area contributed by atoms with Crippen LogP contribution >= 0.6 is 0 Å². The summed E-state index contributed by atoms with van der Waals surface area (Å²) in [5.41, 5.74) is 1.81. The van der Waals surface area contributed by atoms with Gasteiger partial charge < -0.3 is 14.8 Å². The van der Waals surface area contributed by atoms with E-state index in [1.54, 1.807) is 0 Å². The van der Waals surface area contributed by atoms with E-state index >= 15 is 0 Å². The number of benzene rings is 2. The van der Waals surface area contributed by atoms with Crippen LogP contribution in [0.4, 0.5) is 4.79 Å². The van der Waals surface area contributed by atoms with Gasteiger partial charge in [-0.1, -0.05) is 60.7 Å². The van der Waals surface area contributed by atoms with E-state index in [4.69, 9.17) is 9.47 Å². The zero-order chi connectivity index (χ0) is 16.1. The first-order chi connectivity index (χ1) is 11.2. The number of alkyl carbamates (subject to hydrolysis) is 1. The number of carbonyl (C=O) groups excluding carboxylic acids is 2. The molecule has 0 spiro atoms. The summed E-state index contributed by atoms with van der Waals surface area (Å²) in [5.74, 6) is -0.435. The minimum atomic E-state index is -0.677. The second-order valence-electron chi connectivity index (χ2n) is 5.33. The number of amides is 1. The van der Waals surface area contributed by atoms with Crippen LogP contribution in [0.1, 0.15) is 23.7 Å². The Balaban J connectivity index is 1.52. The maximum absolute atomic E-state index is 11.9. The van der Waals surface area contributed by atoms with Gasteiger partial charge in [0.2, 0.25) is 0 Å². The van der Waals surface area contributed by atoms with E-state index in [0.717, 1.165) is 11.1 Å². The van der Waals surface area contributed by atoms with Gasteiger partial charge in [-0.2, -0.15) is 0 Å². The second kappa shape index (κ2) is 6.96. The maximum Gasteiger partial charge on any atom is 0.408 e. The van der Waals surface area contributed by atoms with Crippen molar-refractivity contribution in [3.63, 3.8) is 0 Å². The molecular formula is C18H17NO4. The average Bonchev–Trinajstić information content (AvgIpc) is 2.95. The van der Waals surface area contributed by atoms with Crippen LogP contribution < -0.4 is 5.32 Å². The zero-order valence-electron chi connectivity index (χ0n) is 12.5. The lowest BCUT2D eigenvalue weighted by Crippen LogP contribution is -2.38.